The maximum atomic E-state index is 9.34. The fourth-order valence-electron chi connectivity index (χ4n) is 2.26. The minimum Gasteiger partial charge on any atom is -0.490 e. The summed E-state index contributed by atoms with van der Waals surface area (Å²) in [4.78, 5) is 0. The minimum absolute atomic E-state index is 0.0301. The van der Waals surface area contributed by atoms with Crippen molar-refractivity contribution in [3.05, 3.63) is 27.7 Å². The minimum atomic E-state index is 0.0301. The second kappa shape index (κ2) is 5.19. The van der Waals surface area contributed by atoms with Gasteiger partial charge < -0.3 is 9.84 Å². The molecule has 0 aliphatic heterocycles. The number of aliphatic hydroxyl groups is 1. The van der Waals surface area contributed by atoms with E-state index in [4.69, 9.17) is 4.74 Å². The van der Waals surface area contributed by atoms with Crippen LogP contribution in [0.4, 0.5) is 0 Å². The zero-order valence-corrected chi connectivity index (χ0v) is 11.1. The van der Waals surface area contributed by atoms with Crippen molar-refractivity contribution in [2.45, 2.75) is 45.3 Å². The Morgan fingerprint density at radius 3 is 2.69 bits per heavy atom. The summed E-state index contributed by atoms with van der Waals surface area (Å²) in [5, 5.41) is 9.34. The van der Waals surface area contributed by atoms with Crippen LogP contribution in [0.25, 0.3) is 0 Å². The molecule has 1 aliphatic rings. The van der Waals surface area contributed by atoms with Crippen LogP contribution in [0, 0.1) is 6.92 Å². The Morgan fingerprint density at radius 2 is 2.06 bits per heavy atom. The molecule has 3 heteroatoms. The Balaban J connectivity index is 2.23. The van der Waals surface area contributed by atoms with Crippen LogP contribution in [-0.4, -0.2) is 11.2 Å². The molecule has 88 valence electrons. The predicted molar refractivity (Wildman–Crippen MR) is 67.7 cm³/mol. The number of hydrogen-bond donors (Lipinski definition) is 1. The van der Waals surface area contributed by atoms with E-state index in [0.717, 1.165) is 34.2 Å². The van der Waals surface area contributed by atoms with Crippen LogP contribution in [0.2, 0.25) is 0 Å². The van der Waals surface area contributed by atoms with Gasteiger partial charge in [-0.15, -0.1) is 0 Å². The van der Waals surface area contributed by atoms with Crippen molar-refractivity contribution < 1.29 is 9.84 Å². The van der Waals surface area contributed by atoms with Gasteiger partial charge in [0.05, 0.1) is 12.7 Å². The number of benzene rings is 1. The van der Waals surface area contributed by atoms with E-state index in [1.54, 1.807) is 0 Å². The molecule has 0 atom stereocenters. The first-order chi connectivity index (χ1) is 7.70. The molecule has 1 aromatic rings. The SMILES string of the molecule is Cc1cc(Br)cc(CO)c1OC1CCCC1. The predicted octanol–water partition coefficient (Wildman–Crippen LogP) is 3.57. The molecule has 1 N–H and O–H groups in total. The summed E-state index contributed by atoms with van der Waals surface area (Å²) in [5.74, 6) is 0.873. The van der Waals surface area contributed by atoms with Gasteiger partial charge in [-0.25, -0.2) is 0 Å². The van der Waals surface area contributed by atoms with Gasteiger partial charge >= 0.3 is 0 Å². The molecular weight excluding hydrogens is 268 g/mol. The summed E-state index contributed by atoms with van der Waals surface area (Å²) >= 11 is 3.43. The van der Waals surface area contributed by atoms with Crippen molar-refractivity contribution in [2.24, 2.45) is 0 Å². The summed E-state index contributed by atoms with van der Waals surface area (Å²) in [6.07, 6.45) is 5.13. The lowest BCUT2D eigenvalue weighted by atomic mass is 10.1. The van der Waals surface area contributed by atoms with Crippen LogP contribution >= 0.6 is 15.9 Å². The van der Waals surface area contributed by atoms with Gasteiger partial charge in [-0.1, -0.05) is 15.9 Å². The average molecular weight is 285 g/mol. The Hall–Kier alpha value is -0.540. The third-order valence-corrected chi connectivity index (χ3v) is 3.53. The van der Waals surface area contributed by atoms with Gasteiger partial charge in [-0.05, 0) is 50.3 Å². The molecule has 0 bridgehead atoms. The van der Waals surface area contributed by atoms with E-state index in [0.29, 0.717) is 6.10 Å². The molecule has 0 heterocycles. The molecule has 1 aromatic carbocycles. The van der Waals surface area contributed by atoms with E-state index < -0.39 is 0 Å². The number of ether oxygens (including phenoxy) is 1. The quantitative estimate of drug-likeness (QED) is 0.920. The van der Waals surface area contributed by atoms with Crippen LogP contribution in [0.5, 0.6) is 5.75 Å². The lowest BCUT2D eigenvalue weighted by Crippen LogP contribution is -2.13. The van der Waals surface area contributed by atoms with Crippen LogP contribution in [0.3, 0.4) is 0 Å². The van der Waals surface area contributed by atoms with Crippen LogP contribution in [0.1, 0.15) is 36.8 Å². The van der Waals surface area contributed by atoms with Crippen LogP contribution in [0.15, 0.2) is 16.6 Å². The van der Waals surface area contributed by atoms with Gasteiger partial charge in [0.15, 0.2) is 0 Å². The fourth-order valence-corrected chi connectivity index (χ4v) is 2.88. The fraction of sp³-hybridized carbons (Fsp3) is 0.538. The summed E-state index contributed by atoms with van der Waals surface area (Å²) in [6.45, 7) is 2.05. The van der Waals surface area contributed by atoms with Crippen molar-refractivity contribution in [1.82, 2.24) is 0 Å². The molecule has 0 amide bonds. The molecule has 1 fully saturated rings. The van der Waals surface area contributed by atoms with E-state index in [1.165, 1.54) is 12.8 Å². The Morgan fingerprint density at radius 1 is 1.38 bits per heavy atom. The van der Waals surface area contributed by atoms with Gasteiger partial charge in [0.25, 0.3) is 0 Å². The molecule has 0 saturated heterocycles. The lowest BCUT2D eigenvalue weighted by Gasteiger charge is -2.18. The number of halogens is 1. The highest BCUT2D eigenvalue weighted by atomic mass is 79.9. The maximum Gasteiger partial charge on any atom is 0.128 e. The van der Waals surface area contributed by atoms with Crippen LogP contribution in [-0.2, 0) is 6.61 Å². The average Bonchev–Trinajstić information content (AvgIpc) is 2.74. The Bertz CT molecular complexity index is 370. The first kappa shape index (κ1) is 11.9. The first-order valence-electron chi connectivity index (χ1n) is 5.77. The summed E-state index contributed by atoms with van der Waals surface area (Å²) in [7, 11) is 0. The Labute approximate surface area is 105 Å². The number of hydrogen-bond acceptors (Lipinski definition) is 2. The highest BCUT2D eigenvalue weighted by Crippen LogP contribution is 2.32. The highest BCUT2D eigenvalue weighted by molar-refractivity contribution is 9.10. The van der Waals surface area contributed by atoms with Gasteiger partial charge in [0.1, 0.15) is 5.75 Å². The number of aryl methyl sites for hydroxylation is 1. The van der Waals surface area contributed by atoms with Crippen molar-refractivity contribution in [1.29, 1.82) is 0 Å². The monoisotopic (exact) mass is 284 g/mol. The molecule has 1 saturated carbocycles. The summed E-state index contributed by atoms with van der Waals surface area (Å²) < 4.78 is 7.00. The molecule has 2 rings (SSSR count). The van der Waals surface area contributed by atoms with Crippen molar-refractivity contribution in [3.63, 3.8) is 0 Å². The number of aliphatic hydroxyl groups excluding tert-OH is 1. The smallest absolute Gasteiger partial charge is 0.128 e. The van der Waals surface area contributed by atoms with Crippen molar-refractivity contribution in [3.8, 4) is 5.75 Å². The third-order valence-electron chi connectivity index (χ3n) is 3.07. The largest absolute Gasteiger partial charge is 0.490 e. The molecule has 16 heavy (non-hydrogen) atoms. The van der Waals surface area contributed by atoms with E-state index >= 15 is 0 Å². The third kappa shape index (κ3) is 2.58. The number of rotatable bonds is 3. The topological polar surface area (TPSA) is 29.5 Å². The molecule has 1 aliphatic carbocycles. The Kier molecular flexibility index (Phi) is 3.87. The molecule has 2 nitrogen and oxygen atoms in total. The molecule has 0 spiro atoms. The second-order valence-electron chi connectivity index (χ2n) is 4.39. The normalized spacial score (nSPS) is 16.7. The summed E-state index contributed by atoms with van der Waals surface area (Å²) in [5.41, 5.74) is 1.96. The lowest BCUT2D eigenvalue weighted by molar-refractivity contribution is 0.198. The van der Waals surface area contributed by atoms with Crippen molar-refractivity contribution >= 4 is 15.9 Å². The molecule has 0 unspecified atom stereocenters. The van der Waals surface area contributed by atoms with Gasteiger partial charge in [0.2, 0.25) is 0 Å². The summed E-state index contributed by atoms with van der Waals surface area (Å²) in [6, 6.07) is 3.96. The van der Waals surface area contributed by atoms with E-state index in [1.807, 2.05) is 19.1 Å². The molecule has 0 radical (unpaired) electrons. The molecule has 0 aromatic heterocycles. The zero-order valence-electron chi connectivity index (χ0n) is 9.50. The zero-order chi connectivity index (χ0) is 11.5. The van der Waals surface area contributed by atoms with E-state index in [2.05, 4.69) is 15.9 Å². The van der Waals surface area contributed by atoms with E-state index in [9.17, 15) is 5.11 Å². The standard InChI is InChI=1S/C13H17BrO2/c1-9-6-11(14)7-10(8-15)13(9)16-12-4-2-3-5-12/h6-7,12,15H,2-5,8H2,1H3. The van der Waals surface area contributed by atoms with Crippen molar-refractivity contribution in [2.75, 3.05) is 0 Å². The maximum absolute atomic E-state index is 9.34. The van der Waals surface area contributed by atoms with Gasteiger partial charge in [-0.3, -0.25) is 0 Å². The first-order valence-corrected chi connectivity index (χ1v) is 6.56. The van der Waals surface area contributed by atoms with E-state index in [-0.39, 0.29) is 6.61 Å². The highest BCUT2D eigenvalue weighted by Gasteiger charge is 2.19. The van der Waals surface area contributed by atoms with Gasteiger partial charge in [-0.2, -0.15) is 0 Å². The second-order valence-corrected chi connectivity index (χ2v) is 5.31. The molecular formula is C13H17BrO2. The van der Waals surface area contributed by atoms with Crippen LogP contribution < -0.4 is 4.74 Å². The van der Waals surface area contributed by atoms with Gasteiger partial charge in [0, 0.05) is 10.0 Å².